The lowest BCUT2D eigenvalue weighted by Gasteiger charge is -2.13. The van der Waals surface area contributed by atoms with E-state index in [-0.39, 0.29) is 5.91 Å². The summed E-state index contributed by atoms with van der Waals surface area (Å²) in [5, 5.41) is 7.45. The minimum Gasteiger partial charge on any atom is -0.489 e. The van der Waals surface area contributed by atoms with Crippen molar-refractivity contribution in [3.63, 3.8) is 0 Å². The summed E-state index contributed by atoms with van der Waals surface area (Å²) < 4.78 is 5.85. The van der Waals surface area contributed by atoms with Crippen LogP contribution < -0.4 is 20.7 Å². The van der Waals surface area contributed by atoms with E-state index < -0.39 is 18.0 Å². The summed E-state index contributed by atoms with van der Waals surface area (Å²) in [4.78, 5) is 41.1. The van der Waals surface area contributed by atoms with Crippen LogP contribution in [0, 0.1) is 0 Å². The fourth-order valence-electron chi connectivity index (χ4n) is 3.18. The van der Waals surface area contributed by atoms with E-state index in [2.05, 4.69) is 20.9 Å². The molecule has 1 aliphatic heterocycles. The van der Waals surface area contributed by atoms with Gasteiger partial charge in [0, 0.05) is 40.4 Å². The molecule has 32 heavy (non-hydrogen) atoms. The number of urea groups is 1. The van der Waals surface area contributed by atoms with Gasteiger partial charge in [-0.2, -0.15) is 0 Å². The summed E-state index contributed by atoms with van der Waals surface area (Å²) in [6.45, 7) is 0.336. The quantitative estimate of drug-likeness (QED) is 0.480. The molecule has 3 N–H and O–H groups in total. The molecule has 1 unspecified atom stereocenters. The van der Waals surface area contributed by atoms with Gasteiger partial charge in [0.1, 0.15) is 18.4 Å². The van der Waals surface area contributed by atoms with Crippen LogP contribution in [0.4, 0.5) is 4.79 Å². The molecule has 3 aromatic rings. The maximum absolute atomic E-state index is 12.0. The lowest BCUT2D eigenvalue weighted by Crippen LogP contribution is -2.22. The molecule has 2 aromatic carbocycles. The number of nitrogens with one attached hydrogen (secondary N) is 3. The summed E-state index contributed by atoms with van der Waals surface area (Å²) >= 11 is 1.46. The number of nitrogens with zero attached hydrogens (tertiary/aromatic N) is 1. The van der Waals surface area contributed by atoms with E-state index in [1.165, 1.54) is 11.8 Å². The molecule has 1 saturated heterocycles. The highest BCUT2D eigenvalue weighted by atomic mass is 32.2. The van der Waals surface area contributed by atoms with Gasteiger partial charge in [-0.15, -0.1) is 0 Å². The second kappa shape index (κ2) is 9.52. The first-order valence-corrected chi connectivity index (χ1v) is 10.6. The maximum Gasteiger partial charge on any atom is 0.322 e. The van der Waals surface area contributed by atoms with Crippen molar-refractivity contribution in [2.45, 2.75) is 22.4 Å². The van der Waals surface area contributed by atoms with Crippen LogP contribution in [0.1, 0.15) is 27.5 Å². The molecule has 0 bridgehead atoms. The lowest BCUT2D eigenvalue weighted by molar-refractivity contribution is -0.120. The van der Waals surface area contributed by atoms with Crippen molar-refractivity contribution >= 4 is 29.6 Å². The molecule has 1 aromatic heterocycles. The maximum atomic E-state index is 12.0. The van der Waals surface area contributed by atoms with Gasteiger partial charge >= 0.3 is 6.03 Å². The molecule has 0 aliphatic carbocycles. The van der Waals surface area contributed by atoms with Crippen molar-refractivity contribution in [1.82, 2.24) is 20.9 Å². The minimum absolute atomic E-state index is 0.140. The Morgan fingerprint density at radius 1 is 1.16 bits per heavy atom. The molecule has 4 amide bonds. The first-order chi connectivity index (χ1) is 15.5. The Labute approximate surface area is 188 Å². The molecule has 2 heterocycles. The van der Waals surface area contributed by atoms with Gasteiger partial charge in [0.05, 0.1) is 0 Å². The third kappa shape index (κ3) is 4.89. The van der Waals surface area contributed by atoms with Gasteiger partial charge in [-0.25, -0.2) is 4.79 Å². The number of hydrogen-bond donors (Lipinski definition) is 3. The average molecular weight is 449 g/mol. The van der Waals surface area contributed by atoms with E-state index in [4.69, 9.17) is 4.74 Å². The molecular weight excluding hydrogens is 428 g/mol. The summed E-state index contributed by atoms with van der Waals surface area (Å²) in [7, 11) is 1.60. The number of carbonyl (C=O) groups is 3. The highest BCUT2D eigenvalue weighted by molar-refractivity contribution is 7.99. The monoisotopic (exact) mass is 448 g/mol. The van der Waals surface area contributed by atoms with Gasteiger partial charge in [0.15, 0.2) is 0 Å². The zero-order chi connectivity index (χ0) is 22.5. The van der Waals surface area contributed by atoms with E-state index in [1.807, 2.05) is 42.5 Å². The standard InChI is InChI=1S/C23H20N4O4S/c1-24-21(28)15-4-2-3-14(11-15)13-31-16-5-7-17(8-6-16)32-19-9-10-25-12-18(19)20-22(29)27-23(30)26-20/h2-12,20H,13H2,1H3,(H,24,28)(H2,26,27,29,30). The van der Waals surface area contributed by atoms with E-state index in [1.54, 1.807) is 31.6 Å². The van der Waals surface area contributed by atoms with Gasteiger partial charge in [-0.05, 0) is 48.0 Å². The van der Waals surface area contributed by atoms with Gasteiger partial charge in [-0.1, -0.05) is 23.9 Å². The molecule has 0 radical (unpaired) electrons. The van der Waals surface area contributed by atoms with Crippen molar-refractivity contribution in [3.05, 3.63) is 83.7 Å². The van der Waals surface area contributed by atoms with E-state index in [0.29, 0.717) is 23.5 Å². The molecule has 8 nitrogen and oxygen atoms in total. The van der Waals surface area contributed by atoms with Crippen LogP contribution in [0.2, 0.25) is 0 Å². The van der Waals surface area contributed by atoms with Crippen LogP contribution in [-0.2, 0) is 11.4 Å². The second-order valence-electron chi connectivity index (χ2n) is 6.95. The number of ether oxygens (including phenoxy) is 1. The van der Waals surface area contributed by atoms with Gasteiger partial charge in [-0.3, -0.25) is 19.9 Å². The fraction of sp³-hybridized carbons (Fsp3) is 0.130. The topological polar surface area (TPSA) is 109 Å². The Bertz CT molecular complexity index is 1170. The number of rotatable bonds is 7. The molecule has 4 rings (SSSR count). The predicted octanol–water partition coefficient (Wildman–Crippen LogP) is 3.05. The minimum atomic E-state index is -0.758. The van der Waals surface area contributed by atoms with Crippen LogP contribution in [0.3, 0.4) is 0 Å². The number of aromatic nitrogens is 1. The summed E-state index contributed by atoms with van der Waals surface area (Å²) in [5.74, 6) is 0.157. The summed E-state index contributed by atoms with van der Waals surface area (Å²) in [5.41, 5.74) is 2.11. The van der Waals surface area contributed by atoms with Gasteiger partial charge in [0.25, 0.3) is 11.8 Å². The van der Waals surface area contributed by atoms with E-state index in [9.17, 15) is 14.4 Å². The number of pyridine rings is 1. The number of benzene rings is 2. The smallest absolute Gasteiger partial charge is 0.322 e. The van der Waals surface area contributed by atoms with Crippen molar-refractivity contribution in [3.8, 4) is 5.75 Å². The summed E-state index contributed by atoms with van der Waals surface area (Å²) in [6.07, 6.45) is 3.23. The van der Waals surface area contributed by atoms with Gasteiger partial charge in [0.2, 0.25) is 0 Å². The molecule has 162 valence electrons. The molecule has 0 saturated carbocycles. The zero-order valence-corrected chi connectivity index (χ0v) is 17.9. The second-order valence-corrected chi connectivity index (χ2v) is 8.07. The first kappa shape index (κ1) is 21.4. The number of imide groups is 1. The average Bonchev–Trinajstić information content (AvgIpc) is 3.16. The van der Waals surface area contributed by atoms with Gasteiger partial charge < -0.3 is 15.4 Å². The highest BCUT2D eigenvalue weighted by Gasteiger charge is 2.32. The normalized spacial score (nSPS) is 15.1. The van der Waals surface area contributed by atoms with Crippen LogP contribution in [0.5, 0.6) is 5.75 Å². The Morgan fingerprint density at radius 2 is 1.97 bits per heavy atom. The van der Waals surface area contributed by atoms with Crippen molar-refractivity contribution in [2.75, 3.05) is 7.05 Å². The van der Waals surface area contributed by atoms with Crippen molar-refractivity contribution in [2.24, 2.45) is 0 Å². The SMILES string of the molecule is CNC(=O)c1cccc(COc2ccc(Sc3ccncc3C3NC(=O)NC3=O)cc2)c1. The zero-order valence-electron chi connectivity index (χ0n) is 17.1. The van der Waals surface area contributed by atoms with Crippen LogP contribution in [0.25, 0.3) is 0 Å². The van der Waals surface area contributed by atoms with E-state index >= 15 is 0 Å². The first-order valence-electron chi connectivity index (χ1n) is 9.80. The Balaban J connectivity index is 1.42. The number of amides is 4. The third-order valence-corrected chi connectivity index (χ3v) is 5.87. The molecule has 9 heteroatoms. The lowest BCUT2D eigenvalue weighted by atomic mass is 10.1. The third-order valence-electron chi connectivity index (χ3n) is 4.77. The largest absolute Gasteiger partial charge is 0.489 e. The molecule has 1 aliphatic rings. The number of carbonyl (C=O) groups excluding carboxylic acids is 3. The summed E-state index contributed by atoms with van der Waals surface area (Å²) in [6, 6.07) is 15.4. The molecule has 1 atom stereocenters. The molecule has 0 spiro atoms. The molecular formula is C23H20N4O4S. The Kier molecular flexibility index (Phi) is 6.37. The fourth-order valence-corrected chi connectivity index (χ4v) is 4.13. The van der Waals surface area contributed by atoms with E-state index in [0.717, 1.165) is 15.4 Å². The van der Waals surface area contributed by atoms with Crippen LogP contribution in [0.15, 0.2) is 76.8 Å². The highest BCUT2D eigenvalue weighted by Crippen LogP contribution is 2.34. The Hall–Kier alpha value is -3.85. The Morgan fingerprint density at radius 3 is 2.69 bits per heavy atom. The predicted molar refractivity (Wildman–Crippen MR) is 118 cm³/mol. The van der Waals surface area contributed by atoms with Crippen LogP contribution >= 0.6 is 11.8 Å². The molecule has 1 fully saturated rings. The number of hydrogen-bond acceptors (Lipinski definition) is 6. The van der Waals surface area contributed by atoms with Crippen molar-refractivity contribution in [1.29, 1.82) is 0 Å². The van der Waals surface area contributed by atoms with Crippen molar-refractivity contribution < 1.29 is 19.1 Å². The van der Waals surface area contributed by atoms with Crippen LogP contribution in [-0.4, -0.2) is 29.9 Å².